The Labute approximate surface area is 84.5 Å². The summed E-state index contributed by atoms with van der Waals surface area (Å²) >= 11 is 0. The highest BCUT2D eigenvalue weighted by Crippen LogP contribution is 2.33. The molecule has 2 rings (SSSR count). The molecule has 3 heteroatoms. The minimum atomic E-state index is -0.168. The summed E-state index contributed by atoms with van der Waals surface area (Å²) in [5.74, 6) is 0. The van der Waals surface area contributed by atoms with Crippen LogP contribution in [0.3, 0.4) is 0 Å². The van der Waals surface area contributed by atoms with Gasteiger partial charge in [0.1, 0.15) is 0 Å². The van der Waals surface area contributed by atoms with Crippen molar-refractivity contribution < 1.29 is 0 Å². The summed E-state index contributed by atoms with van der Waals surface area (Å²) in [4.78, 5) is 4.01. The van der Waals surface area contributed by atoms with Gasteiger partial charge in [0, 0.05) is 24.0 Å². The summed E-state index contributed by atoms with van der Waals surface area (Å²) < 4.78 is 0. The van der Waals surface area contributed by atoms with Gasteiger partial charge in [-0.05, 0) is 43.4 Å². The molecule has 1 aliphatic carbocycles. The van der Waals surface area contributed by atoms with Crippen LogP contribution >= 0.6 is 0 Å². The molecule has 1 saturated carbocycles. The third kappa shape index (κ3) is 1.79. The van der Waals surface area contributed by atoms with Crippen molar-refractivity contribution in [1.29, 1.82) is 0 Å². The van der Waals surface area contributed by atoms with Gasteiger partial charge in [0.2, 0.25) is 0 Å². The van der Waals surface area contributed by atoms with E-state index in [0.29, 0.717) is 6.04 Å². The van der Waals surface area contributed by atoms with Crippen LogP contribution < -0.4 is 11.5 Å². The van der Waals surface area contributed by atoms with Crippen molar-refractivity contribution in [3.05, 3.63) is 30.1 Å². The first-order valence-corrected chi connectivity index (χ1v) is 5.16. The second kappa shape index (κ2) is 3.67. The standard InChI is InChI=1S/C11H17N3/c12-10-1-5-11(13,6-2-10)9-3-7-14-8-4-9/h3-4,7-8,10H,1-2,5-6,12-13H2. The average Bonchev–Trinajstić information content (AvgIpc) is 2.24. The highest BCUT2D eigenvalue weighted by Gasteiger charge is 2.31. The number of pyridine rings is 1. The molecule has 14 heavy (non-hydrogen) atoms. The predicted molar refractivity (Wildman–Crippen MR) is 56.5 cm³/mol. The van der Waals surface area contributed by atoms with Crippen molar-refractivity contribution >= 4 is 0 Å². The highest BCUT2D eigenvalue weighted by atomic mass is 14.8. The number of hydrogen-bond acceptors (Lipinski definition) is 3. The Morgan fingerprint density at radius 2 is 1.79 bits per heavy atom. The molecular formula is C11H17N3. The minimum absolute atomic E-state index is 0.168. The molecule has 0 saturated heterocycles. The van der Waals surface area contributed by atoms with Gasteiger partial charge < -0.3 is 11.5 Å². The Balaban J connectivity index is 2.17. The number of nitrogens with two attached hydrogens (primary N) is 2. The lowest BCUT2D eigenvalue weighted by molar-refractivity contribution is 0.277. The van der Waals surface area contributed by atoms with Crippen LogP contribution in [0, 0.1) is 0 Å². The van der Waals surface area contributed by atoms with Gasteiger partial charge in [-0.1, -0.05) is 0 Å². The van der Waals surface area contributed by atoms with E-state index in [1.807, 2.05) is 12.1 Å². The fourth-order valence-corrected chi connectivity index (χ4v) is 2.13. The van der Waals surface area contributed by atoms with Gasteiger partial charge in [-0.3, -0.25) is 4.98 Å². The second-order valence-electron chi connectivity index (χ2n) is 4.23. The summed E-state index contributed by atoms with van der Waals surface area (Å²) in [5.41, 5.74) is 13.3. The maximum atomic E-state index is 6.36. The van der Waals surface area contributed by atoms with Crippen LogP contribution in [0.15, 0.2) is 24.5 Å². The monoisotopic (exact) mass is 191 g/mol. The Morgan fingerprint density at radius 1 is 1.21 bits per heavy atom. The number of nitrogens with zero attached hydrogens (tertiary/aromatic N) is 1. The minimum Gasteiger partial charge on any atom is -0.328 e. The fraction of sp³-hybridized carbons (Fsp3) is 0.545. The third-order valence-corrected chi connectivity index (χ3v) is 3.18. The molecule has 1 aromatic rings. The van der Waals surface area contributed by atoms with Gasteiger partial charge in [0.05, 0.1) is 0 Å². The van der Waals surface area contributed by atoms with Gasteiger partial charge in [0.15, 0.2) is 0 Å². The van der Waals surface area contributed by atoms with Crippen LogP contribution in [0.2, 0.25) is 0 Å². The number of hydrogen-bond donors (Lipinski definition) is 2. The molecule has 0 radical (unpaired) electrons. The normalized spacial score (nSPS) is 32.9. The molecule has 3 nitrogen and oxygen atoms in total. The molecule has 1 fully saturated rings. The van der Waals surface area contributed by atoms with E-state index in [2.05, 4.69) is 4.98 Å². The van der Waals surface area contributed by atoms with Crippen molar-refractivity contribution in [2.45, 2.75) is 37.3 Å². The molecule has 1 aliphatic rings. The quantitative estimate of drug-likeness (QED) is 0.699. The molecule has 4 N–H and O–H groups in total. The molecule has 1 aromatic heterocycles. The lowest BCUT2D eigenvalue weighted by atomic mass is 9.76. The third-order valence-electron chi connectivity index (χ3n) is 3.18. The van der Waals surface area contributed by atoms with Gasteiger partial charge in [-0.15, -0.1) is 0 Å². The highest BCUT2D eigenvalue weighted by molar-refractivity contribution is 5.21. The van der Waals surface area contributed by atoms with E-state index in [9.17, 15) is 0 Å². The Kier molecular flexibility index (Phi) is 2.52. The van der Waals surface area contributed by atoms with E-state index in [1.165, 1.54) is 5.56 Å². The molecule has 0 aromatic carbocycles. The van der Waals surface area contributed by atoms with Gasteiger partial charge >= 0.3 is 0 Å². The molecule has 0 aliphatic heterocycles. The van der Waals surface area contributed by atoms with E-state index in [1.54, 1.807) is 12.4 Å². The van der Waals surface area contributed by atoms with Gasteiger partial charge in [-0.25, -0.2) is 0 Å². The first-order valence-electron chi connectivity index (χ1n) is 5.16. The Morgan fingerprint density at radius 3 is 2.36 bits per heavy atom. The fourth-order valence-electron chi connectivity index (χ4n) is 2.13. The predicted octanol–water partition coefficient (Wildman–Crippen LogP) is 1.14. The zero-order valence-corrected chi connectivity index (χ0v) is 8.32. The number of aromatic nitrogens is 1. The summed E-state index contributed by atoms with van der Waals surface area (Å²) in [6.07, 6.45) is 7.63. The lowest BCUT2D eigenvalue weighted by Crippen LogP contribution is -2.43. The molecule has 1 heterocycles. The van der Waals surface area contributed by atoms with E-state index in [4.69, 9.17) is 11.5 Å². The van der Waals surface area contributed by atoms with Crippen LogP contribution in [0.25, 0.3) is 0 Å². The van der Waals surface area contributed by atoms with Crippen molar-refractivity contribution in [3.63, 3.8) is 0 Å². The van der Waals surface area contributed by atoms with Crippen molar-refractivity contribution in [3.8, 4) is 0 Å². The Bertz CT molecular complexity index is 289. The maximum absolute atomic E-state index is 6.36. The van der Waals surface area contributed by atoms with Crippen molar-refractivity contribution in [2.24, 2.45) is 11.5 Å². The summed E-state index contributed by atoms with van der Waals surface area (Å²) in [6.45, 7) is 0. The SMILES string of the molecule is NC1CCC(N)(c2ccncc2)CC1. The van der Waals surface area contributed by atoms with Crippen LogP contribution in [0.1, 0.15) is 31.2 Å². The summed E-state index contributed by atoms with van der Waals surface area (Å²) in [7, 11) is 0. The van der Waals surface area contributed by atoms with Crippen molar-refractivity contribution in [2.75, 3.05) is 0 Å². The van der Waals surface area contributed by atoms with E-state index in [-0.39, 0.29) is 5.54 Å². The largest absolute Gasteiger partial charge is 0.328 e. The van der Waals surface area contributed by atoms with Crippen molar-refractivity contribution in [1.82, 2.24) is 4.98 Å². The zero-order valence-electron chi connectivity index (χ0n) is 8.32. The smallest absolute Gasteiger partial charge is 0.0411 e. The number of rotatable bonds is 1. The first kappa shape index (κ1) is 9.62. The molecule has 0 bridgehead atoms. The zero-order chi connectivity index (χ0) is 10.0. The molecule has 76 valence electrons. The molecule has 0 unspecified atom stereocenters. The molecule has 0 spiro atoms. The van der Waals surface area contributed by atoms with Gasteiger partial charge in [-0.2, -0.15) is 0 Å². The average molecular weight is 191 g/mol. The van der Waals surface area contributed by atoms with E-state index < -0.39 is 0 Å². The van der Waals surface area contributed by atoms with Crippen LogP contribution in [0.4, 0.5) is 0 Å². The molecular weight excluding hydrogens is 174 g/mol. The van der Waals surface area contributed by atoms with Crippen LogP contribution in [-0.4, -0.2) is 11.0 Å². The van der Waals surface area contributed by atoms with E-state index in [0.717, 1.165) is 25.7 Å². The summed E-state index contributed by atoms with van der Waals surface area (Å²) in [6, 6.07) is 4.36. The van der Waals surface area contributed by atoms with Crippen LogP contribution in [0.5, 0.6) is 0 Å². The van der Waals surface area contributed by atoms with Gasteiger partial charge in [0.25, 0.3) is 0 Å². The topological polar surface area (TPSA) is 64.9 Å². The molecule has 0 atom stereocenters. The lowest BCUT2D eigenvalue weighted by Gasteiger charge is -2.36. The summed E-state index contributed by atoms with van der Waals surface area (Å²) in [5, 5.41) is 0. The Hall–Kier alpha value is -0.930. The van der Waals surface area contributed by atoms with Crippen LogP contribution in [-0.2, 0) is 5.54 Å². The van der Waals surface area contributed by atoms with E-state index >= 15 is 0 Å². The maximum Gasteiger partial charge on any atom is 0.0411 e. The second-order valence-corrected chi connectivity index (χ2v) is 4.23. The first-order chi connectivity index (χ1) is 6.71. The molecule has 0 amide bonds.